The topological polar surface area (TPSA) is 81.6 Å². The highest BCUT2D eigenvalue weighted by molar-refractivity contribution is 14.1. The van der Waals surface area contributed by atoms with E-state index in [0.29, 0.717) is 21.5 Å². The second kappa shape index (κ2) is 5.64. The van der Waals surface area contributed by atoms with Gasteiger partial charge in [-0.1, -0.05) is 12.1 Å². The Balaban J connectivity index is 2.09. The summed E-state index contributed by atoms with van der Waals surface area (Å²) in [6, 6.07) is 9.31. The third-order valence-electron chi connectivity index (χ3n) is 2.34. The van der Waals surface area contributed by atoms with Crippen molar-refractivity contribution >= 4 is 28.4 Å². The standard InChI is InChI=1S/C12H9IN4O/c13-10-11(16-7-17-12(10)18)15-6-9-3-1-8(5-14)2-4-9/h1-4,7H,6H2,(H2,15,16,17,18). The van der Waals surface area contributed by atoms with Crippen molar-refractivity contribution in [3.63, 3.8) is 0 Å². The second-order valence-electron chi connectivity index (χ2n) is 3.56. The molecule has 90 valence electrons. The summed E-state index contributed by atoms with van der Waals surface area (Å²) in [5.74, 6) is 0.559. The van der Waals surface area contributed by atoms with Gasteiger partial charge in [0.05, 0.1) is 18.0 Å². The Kier molecular flexibility index (Phi) is 3.94. The van der Waals surface area contributed by atoms with Gasteiger partial charge in [0.15, 0.2) is 0 Å². The van der Waals surface area contributed by atoms with Crippen LogP contribution in [0.4, 0.5) is 5.82 Å². The Hall–Kier alpha value is -1.88. The van der Waals surface area contributed by atoms with E-state index in [4.69, 9.17) is 5.26 Å². The lowest BCUT2D eigenvalue weighted by Crippen LogP contribution is -2.14. The van der Waals surface area contributed by atoms with Gasteiger partial charge in [0.2, 0.25) is 0 Å². The lowest BCUT2D eigenvalue weighted by Gasteiger charge is -2.06. The van der Waals surface area contributed by atoms with Crippen molar-refractivity contribution in [1.82, 2.24) is 9.97 Å². The molecule has 2 rings (SSSR count). The maximum Gasteiger partial charge on any atom is 0.266 e. The van der Waals surface area contributed by atoms with Crippen molar-refractivity contribution in [3.8, 4) is 6.07 Å². The summed E-state index contributed by atoms with van der Waals surface area (Å²) >= 11 is 1.95. The maximum absolute atomic E-state index is 11.4. The predicted molar refractivity (Wildman–Crippen MR) is 76.1 cm³/mol. The van der Waals surface area contributed by atoms with Gasteiger partial charge in [0.1, 0.15) is 9.39 Å². The van der Waals surface area contributed by atoms with E-state index < -0.39 is 0 Å². The molecule has 0 saturated carbocycles. The van der Waals surface area contributed by atoms with Gasteiger partial charge in [0.25, 0.3) is 5.56 Å². The summed E-state index contributed by atoms with van der Waals surface area (Å²) < 4.78 is 0.531. The van der Waals surface area contributed by atoms with E-state index in [1.165, 1.54) is 6.33 Å². The Morgan fingerprint density at radius 2 is 2.11 bits per heavy atom. The fourth-order valence-electron chi connectivity index (χ4n) is 1.39. The average molecular weight is 352 g/mol. The Morgan fingerprint density at radius 3 is 2.78 bits per heavy atom. The van der Waals surface area contributed by atoms with E-state index in [1.807, 2.05) is 34.7 Å². The number of rotatable bonds is 3. The van der Waals surface area contributed by atoms with Gasteiger partial charge >= 0.3 is 0 Å². The molecule has 0 amide bonds. The molecule has 1 aromatic heterocycles. The number of H-pyrrole nitrogens is 1. The number of nitrogens with zero attached hydrogens (tertiary/aromatic N) is 2. The summed E-state index contributed by atoms with van der Waals surface area (Å²) in [4.78, 5) is 17.9. The summed E-state index contributed by atoms with van der Waals surface area (Å²) in [6.07, 6.45) is 1.37. The molecule has 0 spiro atoms. The van der Waals surface area contributed by atoms with Crippen LogP contribution in [0.25, 0.3) is 0 Å². The van der Waals surface area contributed by atoms with Gasteiger partial charge in [-0.15, -0.1) is 0 Å². The molecule has 0 saturated heterocycles. The number of nitrogens with one attached hydrogen (secondary N) is 2. The molecule has 0 bridgehead atoms. The predicted octanol–water partition coefficient (Wildman–Crippen LogP) is 1.86. The van der Waals surface area contributed by atoms with Crippen LogP contribution in [0.3, 0.4) is 0 Å². The van der Waals surface area contributed by atoms with E-state index in [2.05, 4.69) is 21.4 Å². The van der Waals surface area contributed by atoms with Gasteiger partial charge in [-0.25, -0.2) is 4.98 Å². The third kappa shape index (κ3) is 2.87. The number of benzene rings is 1. The number of hydrogen-bond donors (Lipinski definition) is 2. The van der Waals surface area contributed by atoms with Crippen LogP contribution < -0.4 is 10.9 Å². The highest BCUT2D eigenvalue weighted by Crippen LogP contribution is 2.11. The minimum absolute atomic E-state index is 0.159. The van der Waals surface area contributed by atoms with E-state index in [-0.39, 0.29) is 5.56 Å². The van der Waals surface area contributed by atoms with Crippen LogP contribution in [0, 0.1) is 14.9 Å². The molecule has 18 heavy (non-hydrogen) atoms. The fourth-order valence-corrected chi connectivity index (χ4v) is 1.87. The largest absolute Gasteiger partial charge is 0.365 e. The molecule has 0 aliphatic carbocycles. The smallest absolute Gasteiger partial charge is 0.266 e. The Morgan fingerprint density at radius 1 is 1.39 bits per heavy atom. The number of hydrogen-bond acceptors (Lipinski definition) is 4. The van der Waals surface area contributed by atoms with Crippen LogP contribution in [0.2, 0.25) is 0 Å². The van der Waals surface area contributed by atoms with Gasteiger partial charge in [-0.05, 0) is 40.3 Å². The highest BCUT2D eigenvalue weighted by atomic mass is 127. The molecule has 0 atom stereocenters. The molecule has 5 nitrogen and oxygen atoms in total. The molecule has 1 heterocycles. The van der Waals surface area contributed by atoms with Crippen LogP contribution in [0.1, 0.15) is 11.1 Å². The van der Waals surface area contributed by atoms with Gasteiger partial charge in [0, 0.05) is 6.54 Å². The first-order valence-corrected chi connectivity index (χ1v) is 6.24. The first-order chi connectivity index (χ1) is 8.70. The molecule has 6 heteroatoms. The normalized spacial score (nSPS) is 9.78. The van der Waals surface area contributed by atoms with Crippen molar-refractivity contribution in [2.45, 2.75) is 6.54 Å². The lowest BCUT2D eigenvalue weighted by atomic mass is 10.1. The summed E-state index contributed by atoms with van der Waals surface area (Å²) in [6.45, 7) is 0.554. The summed E-state index contributed by atoms with van der Waals surface area (Å²) in [5, 5.41) is 11.8. The van der Waals surface area contributed by atoms with Crippen LogP contribution >= 0.6 is 22.6 Å². The van der Waals surface area contributed by atoms with Crippen LogP contribution in [0.5, 0.6) is 0 Å². The molecule has 2 aromatic rings. The molecule has 0 unspecified atom stereocenters. The SMILES string of the molecule is N#Cc1ccc(CNc2nc[nH]c(=O)c2I)cc1. The number of aromatic nitrogens is 2. The zero-order chi connectivity index (χ0) is 13.0. The molecule has 2 N–H and O–H groups in total. The Bertz CT molecular complexity index is 642. The van der Waals surface area contributed by atoms with E-state index in [9.17, 15) is 4.79 Å². The number of anilines is 1. The average Bonchev–Trinajstić information content (AvgIpc) is 2.41. The molecule has 0 aliphatic heterocycles. The zero-order valence-corrected chi connectivity index (χ0v) is 11.4. The fraction of sp³-hybridized carbons (Fsp3) is 0.0833. The molecular formula is C12H9IN4O. The van der Waals surface area contributed by atoms with Gasteiger partial charge < -0.3 is 10.3 Å². The number of aromatic amines is 1. The molecule has 0 aliphatic rings. The first-order valence-electron chi connectivity index (χ1n) is 5.17. The van der Waals surface area contributed by atoms with Crippen LogP contribution in [0.15, 0.2) is 35.4 Å². The minimum Gasteiger partial charge on any atom is -0.365 e. The van der Waals surface area contributed by atoms with Crippen LogP contribution in [-0.2, 0) is 6.54 Å². The van der Waals surface area contributed by atoms with Gasteiger partial charge in [-0.2, -0.15) is 5.26 Å². The van der Waals surface area contributed by atoms with Gasteiger partial charge in [-0.3, -0.25) is 4.79 Å². The lowest BCUT2D eigenvalue weighted by molar-refractivity contribution is 1.05. The second-order valence-corrected chi connectivity index (χ2v) is 4.64. The van der Waals surface area contributed by atoms with Crippen molar-refractivity contribution in [2.75, 3.05) is 5.32 Å². The van der Waals surface area contributed by atoms with Crippen molar-refractivity contribution in [3.05, 3.63) is 55.6 Å². The zero-order valence-electron chi connectivity index (χ0n) is 9.27. The van der Waals surface area contributed by atoms with E-state index in [0.717, 1.165) is 5.56 Å². The monoisotopic (exact) mass is 352 g/mol. The third-order valence-corrected chi connectivity index (χ3v) is 3.34. The van der Waals surface area contributed by atoms with Crippen molar-refractivity contribution in [2.24, 2.45) is 0 Å². The molecule has 0 radical (unpaired) electrons. The quantitative estimate of drug-likeness (QED) is 0.827. The summed E-state index contributed by atoms with van der Waals surface area (Å²) in [5.41, 5.74) is 1.49. The molecule has 1 aromatic carbocycles. The minimum atomic E-state index is -0.159. The van der Waals surface area contributed by atoms with E-state index in [1.54, 1.807) is 12.1 Å². The maximum atomic E-state index is 11.4. The molecular weight excluding hydrogens is 343 g/mol. The van der Waals surface area contributed by atoms with Crippen molar-refractivity contribution < 1.29 is 0 Å². The van der Waals surface area contributed by atoms with Crippen molar-refractivity contribution in [1.29, 1.82) is 5.26 Å². The molecule has 0 fully saturated rings. The Labute approximate surface area is 117 Å². The highest BCUT2D eigenvalue weighted by Gasteiger charge is 2.04. The van der Waals surface area contributed by atoms with E-state index >= 15 is 0 Å². The first kappa shape index (κ1) is 12.6. The van der Waals surface area contributed by atoms with Crippen LogP contribution in [-0.4, -0.2) is 9.97 Å². The number of halogens is 1. The summed E-state index contributed by atoms with van der Waals surface area (Å²) in [7, 11) is 0. The number of nitriles is 1.